The zero-order chi connectivity index (χ0) is 16.7. The molecule has 0 spiro atoms. The highest BCUT2D eigenvalue weighted by molar-refractivity contribution is 5.93. The van der Waals surface area contributed by atoms with Gasteiger partial charge in [0, 0.05) is 6.42 Å². The van der Waals surface area contributed by atoms with Crippen molar-refractivity contribution in [3.63, 3.8) is 0 Å². The van der Waals surface area contributed by atoms with E-state index in [-0.39, 0.29) is 11.8 Å². The van der Waals surface area contributed by atoms with Gasteiger partial charge in [0.25, 0.3) is 0 Å². The highest BCUT2D eigenvalue weighted by atomic mass is 16.5. The molecule has 6 nitrogen and oxygen atoms in total. The monoisotopic (exact) mass is 318 g/mol. The molecule has 6 heteroatoms. The maximum atomic E-state index is 12.1. The third-order valence-corrected chi connectivity index (χ3v) is 3.92. The van der Waals surface area contributed by atoms with Crippen molar-refractivity contribution in [2.45, 2.75) is 44.2 Å². The number of hydrogen-bond donors (Lipinski definition) is 2. The number of rotatable bonds is 7. The van der Waals surface area contributed by atoms with Gasteiger partial charge in [0.15, 0.2) is 0 Å². The topological polar surface area (TPSA) is 84.5 Å². The van der Waals surface area contributed by atoms with Crippen LogP contribution in [0.5, 0.6) is 0 Å². The summed E-state index contributed by atoms with van der Waals surface area (Å²) in [6, 6.07) is 8.71. The third kappa shape index (κ3) is 5.09. The Hall–Kier alpha value is -2.37. The van der Waals surface area contributed by atoms with Crippen molar-refractivity contribution in [3.05, 3.63) is 35.9 Å². The second-order valence-electron chi connectivity index (χ2n) is 5.62. The lowest BCUT2D eigenvalue weighted by atomic mass is 10.0. The Bertz CT molecular complexity index is 559. The van der Waals surface area contributed by atoms with Gasteiger partial charge in [-0.05, 0) is 31.2 Å². The minimum atomic E-state index is -0.686. The molecule has 1 saturated heterocycles. The first-order valence-corrected chi connectivity index (χ1v) is 7.81. The van der Waals surface area contributed by atoms with Crippen LogP contribution in [0.15, 0.2) is 30.3 Å². The van der Waals surface area contributed by atoms with Gasteiger partial charge >= 0.3 is 5.97 Å². The molecule has 1 aliphatic rings. The Morgan fingerprint density at radius 2 is 2.09 bits per heavy atom. The van der Waals surface area contributed by atoms with Crippen LogP contribution in [0.3, 0.4) is 0 Å². The molecule has 1 aromatic carbocycles. The van der Waals surface area contributed by atoms with Crippen LogP contribution < -0.4 is 10.6 Å². The molecule has 2 amide bonds. The van der Waals surface area contributed by atoms with Crippen LogP contribution in [0.2, 0.25) is 0 Å². The van der Waals surface area contributed by atoms with Gasteiger partial charge in [-0.15, -0.1) is 0 Å². The summed E-state index contributed by atoms with van der Waals surface area (Å²) < 4.78 is 4.76. The molecule has 2 rings (SSSR count). The maximum absolute atomic E-state index is 12.1. The molecule has 0 radical (unpaired) electrons. The summed E-state index contributed by atoms with van der Waals surface area (Å²) in [6.45, 7) is 0. The number of hydrogen-bond acceptors (Lipinski definition) is 4. The normalized spacial score (nSPS) is 18.1. The van der Waals surface area contributed by atoms with Crippen LogP contribution in [0.4, 0.5) is 0 Å². The SMILES string of the molecule is COC(=O)[C@H](CCCc1ccccc1)NC(=O)[C@@H]1CCC(=O)N1. The number of aryl methyl sites for hydroxylation is 1. The van der Waals surface area contributed by atoms with Gasteiger partial charge in [0.1, 0.15) is 12.1 Å². The molecule has 124 valence electrons. The molecular weight excluding hydrogens is 296 g/mol. The fourth-order valence-electron chi connectivity index (χ4n) is 2.63. The molecular formula is C17H22N2O4. The zero-order valence-electron chi connectivity index (χ0n) is 13.2. The van der Waals surface area contributed by atoms with Gasteiger partial charge in [0.2, 0.25) is 11.8 Å². The number of esters is 1. The van der Waals surface area contributed by atoms with Crippen molar-refractivity contribution in [2.75, 3.05) is 7.11 Å². The highest BCUT2D eigenvalue weighted by Gasteiger charge is 2.30. The lowest BCUT2D eigenvalue weighted by molar-refractivity contribution is -0.145. The molecule has 2 N–H and O–H groups in total. The van der Waals surface area contributed by atoms with E-state index in [1.807, 2.05) is 30.3 Å². The fourth-order valence-corrected chi connectivity index (χ4v) is 2.63. The van der Waals surface area contributed by atoms with Crippen LogP contribution in [-0.2, 0) is 25.5 Å². The molecule has 0 unspecified atom stereocenters. The highest BCUT2D eigenvalue weighted by Crippen LogP contribution is 2.10. The first-order chi connectivity index (χ1) is 11.1. The van der Waals surface area contributed by atoms with Crippen molar-refractivity contribution in [1.29, 1.82) is 0 Å². The average molecular weight is 318 g/mol. The van der Waals surface area contributed by atoms with Crippen LogP contribution in [0.25, 0.3) is 0 Å². The minimum absolute atomic E-state index is 0.135. The molecule has 0 aromatic heterocycles. The van der Waals surface area contributed by atoms with Crippen molar-refractivity contribution in [3.8, 4) is 0 Å². The first-order valence-electron chi connectivity index (χ1n) is 7.81. The molecule has 1 heterocycles. The Morgan fingerprint density at radius 3 is 2.70 bits per heavy atom. The summed E-state index contributed by atoms with van der Waals surface area (Å²) >= 11 is 0. The van der Waals surface area contributed by atoms with E-state index in [9.17, 15) is 14.4 Å². The van der Waals surface area contributed by atoms with Gasteiger partial charge in [-0.25, -0.2) is 4.79 Å². The Balaban J connectivity index is 1.85. The predicted octanol–water partition coefficient (Wildman–Crippen LogP) is 0.946. The van der Waals surface area contributed by atoms with Gasteiger partial charge in [-0.2, -0.15) is 0 Å². The molecule has 1 aliphatic heterocycles. The van der Waals surface area contributed by atoms with Gasteiger partial charge < -0.3 is 15.4 Å². The number of methoxy groups -OCH3 is 1. The second kappa shape index (κ2) is 8.31. The number of benzene rings is 1. The second-order valence-corrected chi connectivity index (χ2v) is 5.62. The summed E-state index contributed by atoms with van der Waals surface area (Å²) in [5.74, 6) is -0.925. The average Bonchev–Trinajstić information content (AvgIpc) is 3.00. The van der Waals surface area contributed by atoms with Crippen molar-refractivity contribution < 1.29 is 19.1 Å². The largest absolute Gasteiger partial charge is 0.467 e. The summed E-state index contributed by atoms with van der Waals surface area (Å²) in [5.41, 5.74) is 1.19. The van der Waals surface area contributed by atoms with Gasteiger partial charge in [0.05, 0.1) is 7.11 Å². The Kier molecular flexibility index (Phi) is 6.14. The smallest absolute Gasteiger partial charge is 0.328 e. The van der Waals surface area contributed by atoms with Crippen LogP contribution in [-0.4, -0.2) is 37.0 Å². The van der Waals surface area contributed by atoms with Crippen LogP contribution >= 0.6 is 0 Å². The number of amides is 2. The zero-order valence-corrected chi connectivity index (χ0v) is 13.2. The fraction of sp³-hybridized carbons (Fsp3) is 0.471. The van der Waals surface area contributed by atoms with E-state index < -0.39 is 18.1 Å². The number of nitrogens with one attached hydrogen (secondary N) is 2. The lowest BCUT2D eigenvalue weighted by Gasteiger charge is -2.19. The van der Waals surface area contributed by atoms with E-state index >= 15 is 0 Å². The van der Waals surface area contributed by atoms with E-state index in [1.54, 1.807) is 0 Å². The maximum Gasteiger partial charge on any atom is 0.328 e. The van der Waals surface area contributed by atoms with Gasteiger partial charge in [-0.3, -0.25) is 9.59 Å². The van der Waals surface area contributed by atoms with E-state index in [2.05, 4.69) is 10.6 Å². The first kappa shape index (κ1) is 17.0. The van der Waals surface area contributed by atoms with Gasteiger partial charge in [-0.1, -0.05) is 30.3 Å². The van der Waals surface area contributed by atoms with Crippen molar-refractivity contribution in [1.82, 2.24) is 10.6 Å². The number of carbonyl (C=O) groups is 3. The summed E-state index contributed by atoms with van der Waals surface area (Å²) in [7, 11) is 1.30. The summed E-state index contributed by atoms with van der Waals surface area (Å²) in [4.78, 5) is 35.1. The predicted molar refractivity (Wildman–Crippen MR) is 84.5 cm³/mol. The van der Waals surface area contributed by atoms with E-state index in [4.69, 9.17) is 4.74 Å². The molecule has 0 bridgehead atoms. The van der Waals surface area contributed by atoms with Crippen LogP contribution in [0.1, 0.15) is 31.2 Å². The third-order valence-electron chi connectivity index (χ3n) is 3.92. The summed E-state index contributed by atoms with van der Waals surface area (Å²) in [6.07, 6.45) is 2.87. The molecule has 0 aliphatic carbocycles. The molecule has 1 aromatic rings. The Labute approximate surface area is 135 Å². The lowest BCUT2D eigenvalue weighted by Crippen LogP contribution is -2.49. The van der Waals surface area contributed by atoms with Crippen molar-refractivity contribution in [2.24, 2.45) is 0 Å². The molecule has 1 fully saturated rings. The number of ether oxygens (including phenoxy) is 1. The molecule has 2 atom stereocenters. The number of carbonyl (C=O) groups excluding carboxylic acids is 3. The van der Waals surface area contributed by atoms with Crippen LogP contribution in [0, 0.1) is 0 Å². The molecule has 0 saturated carbocycles. The standard InChI is InChI=1S/C17H22N2O4/c1-23-17(22)14(9-5-8-12-6-3-2-4-7-12)19-16(21)13-10-11-15(20)18-13/h2-4,6-7,13-14H,5,8-11H2,1H3,(H,18,20)(H,19,21)/t13-,14-/m0/s1. The van der Waals surface area contributed by atoms with E-state index in [0.29, 0.717) is 19.3 Å². The molecule has 23 heavy (non-hydrogen) atoms. The quantitative estimate of drug-likeness (QED) is 0.733. The minimum Gasteiger partial charge on any atom is -0.467 e. The van der Waals surface area contributed by atoms with E-state index in [0.717, 1.165) is 12.8 Å². The van der Waals surface area contributed by atoms with E-state index in [1.165, 1.54) is 12.7 Å². The Morgan fingerprint density at radius 1 is 1.35 bits per heavy atom. The summed E-state index contributed by atoms with van der Waals surface area (Å²) in [5, 5.41) is 5.28. The van der Waals surface area contributed by atoms with Crippen molar-refractivity contribution >= 4 is 17.8 Å².